The highest BCUT2D eigenvalue weighted by Crippen LogP contribution is 2.07. The molecule has 1 atom stereocenters. The summed E-state index contributed by atoms with van der Waals surface area (Å²) in [7, 11) is 3.35. The summed E-state index contributed by atoms with van der Waals surface area (Å²) in [6.45, 7) is 4.30. The van der Waals surface area contributed by atoms with Crippen molar-refractivity contribution in [1.29, 1.82) is 0 Å². The lowest BCUT2D eigenvalue weighted by molar-refractivity contribution is -0.135. The molecule has 1 heterocycles. The van der Waals surface area contributed by atoms with Crippen molar-refractivity contribution in [3.05, 3.63) is 11.9 Å². The van der Waals surface area contributed by atoms with Crippen LogP contribution in [0.2, 0.25) is 0 Å². The second-order valence-electron chi connectivity index (χ2n) is 5.59. The van der Waals surface area contributed by atoms with Crippen LogP contribution in [0.5, 0.6) is 0 Å². The molecule has 3 N–H and O–H groups in total. The normalized spacial score (nSPS) is 12.3. The van der Waals surface area contributed by atoms with E-state index in [2.05, 4.69) is 15.6 Å². The predicted octanol–water partition coefficient (Wildman–Crippen LogP) is -0.644. The Hall–Kier alpha value is -1.96. The van der Waals surface area contributed by atoms with Gasteiger partial charge in [-0.25, -0.2) is 4.68 Å². The summed E-state index contributed by atoms with van der Waals surface area (Å²) in [4.78, 5) is 25.6. The van der Waals surface area contributed by atoms with Crippen LogP contribution in [0.25, 0.3) is 0 Å². The zero-order valence-corrected chi connectivity index (χ0v) is 13.0. The van der Waals surface area contributed by atoms with E-state index in [1.54, 1.807) is 20.3 Å². The minimum absolute atomic E-state index is 0.0162. The number of aromatic nitrogens is 3. The highest BCUT2D eigenvalue weighted by molar-refractivity contribution is 5.87. The number of hydrogen-bond acceptors (Lipinski definition) is 5. The molecular formula is C13H24N6O2. The molecule has 1 aromatic heterocycles. The third kappa shape index (κ3) is 5.50. The summed E-state index contributed by atoms with van der Waals surface area (Å²) in [5, 5.41) is 10.4. The van der Waals surface area contributed by atoms with E-state index in [4.69, 9.17) is 5.73 Å². The molecule has 0 aliphatic heterocycles. The minimum atomic E-state index is -0.523. The third-order valence-corrected chi connectivity index (χ3v) is 2.88. The summed E-state index contributed by atoms with van der Waals surface area (Å²) in [5.41, 5.74) is 6.05. The van der Waals surface area contributed by atoms with Crippen LogP contribution in [0, 0.1) is 5.92 Å². The minimum Gasteiger partial charge on any atom is -0.347 e. The molecule has 0 aliphatic carbocycles. The Balaban J connectivity index is 2.64. The molecular weight excluding hydrogens is 272 g/mol. The van der Waals surface area contributed by atoms with Crippen molar-refractivity contribution in [2.45, 2.75) is 39.4 Å². The van der Waals surface area contributed by atoms with E-state index in [9.17, 15) is 9.59 Å². The zero-order chi connectivity index (χ0) is 16.0. The fourth-order valence-electron chi connectivity index (χ4n) is 1.90. The standard InChI is InChI=1S/C13H24N6O2/c1-9(2)5-11(13(21)18(3)4)15-12(20)8-19-7-10(6-14)16-17-19/h7,9,11H,5-6,8,14H2,1-4H3,(H,15,20). The average Bonchev–Trinajstić information content (AvgIpc) is 2.83. The molecule has 2 amide bonds. The van der Waals surface area contributed by atoms with E-state index in [1.165, 1.54) is 9.58 Å². The van der Waals surface area contributed by atoms with Crippen LogP contribution in [0.4, 0.5) is 0 Å². The number of carbonyl (C=O) groups is 2. The van der Waals surface area contributed by atoms with Crippen LogP contribution in [-0.2, 0) is 22.7 Å². The first kappa shape index (κ1) is 17.1. The lowest BCUT2D eigenvalue weighted by atomic mass is 10.0. The molecule has 0 fully saturated rings. The quantitative estimate of drug-likeness (QED) is 0.696. The Bertz CT molecular complexity index is 483. The van der Waals surface area contributed by atoms with Crippen LogP contribution in [-0.4, -0.2) is 51.8 Å². The lowest BCUT2D eigenvalue weighted by Crippen LogP contribution is -2.47. The highest BCUT2D eigenvalue weighted by atomic mass is 16.2. The molecule has 0 bridgehead atoms. The van der Waals surface area contributed by atoms with Crippen molar-refractivity contribution < 1.29 is 9.59 Å². The predicted molar refractivity (Wildman–Crippen MR) is 78.0 cm³/mol. The number of nitrogens with zero attached hydrogens (tertiary/aromatic N) is 4. The van der Waals surface area contributed by atoms with Gasteiger partial charge in [0.2, 0.25) is 11.8 Å². The molecule has 8 nitrogen and oxygen atoms in total. The van der Waals surface area contributed by atoms with E-state index in [0.717, 1.165) is 0 Å². The number of hydrogen-bond donors (Lipinski definition) is 2. The third-order valence-electron chi connectivity index (χ3n) is 2.88. The van der Waals surface area contributed by atoms with Gasteiger partial charge >= 0.3 is 0 Å². The Labute approximate surface area is 124 Å². The summed E-state index contributed by atoms with van der Waals surface area (Å²) in [6.07, 6.45) is 2.21. The van der Waals surface area contributed by atoms with Gasteiger partial charge in [0.15, 0.2) is 0 Å². The molecule has 0 aliphatic rings. The Morgan fingerprint density at radius 2 is 2.10 bits per heavy atom. The van der Waals surface area contributed by atoms with Crippen LogP contribution >= 0.6 is 0 Å². The zero-order valence-electron chi connectivity index (χ0n) is 13.0. The van der Waals surface area contributed by atoms with Crippen molar-refractivity contribution in [3.8, 4) is 0 Å². The molecule has 8 heteroatoms. The molecule has 0 radical (unpaired) electrons. The Morgan fingerprint density at radius 3 is 2.57 bits per heavy atom. The first-order chi connectivity index (χ1) is 9.83. The fourth-order valence-corrected chi connectivity index (χ4v) is 1.90. The van der Waals surface area contributed by atoms with Gasteiger partial charge in [-0.15, -0.1) is 5.10 Å². The fraction of sp³-hybridized carbons (Fsp3) is 0.692. The highest BCUT2D eigenvalue weighted by Gasteiger charge is 2.23. The topological polar surface area (TPSA) is 106 Å². The second-order valence-corrected chi connectivity index (χ2v) is 5.59. The number of amides is 2. The van der Waals surface area contributed by atoms with Crippen LogP contribution in [0.1, 0.15) is 26.0 Å². The smallest absolute Gasteiger partial charge is 0.244 e. The maximum atomic E-state index is 12.1. The molecule has 1 unspecified atom stereocenters. The number of nitrogens with one attached hydrogen (secondary N) is 1. The maximum Gasteiger partial charge on any atom is 0.244 e. The van der Waals surface area contributed by atoms with Gasteiger partial charge in [0.05, 0.1) is 11.9 Å². The van der Waals surface area contributed by atoms with Crippen molar-refractivity contribution in [3.63, 3.8) is 0 Å². The summed E-state index contributed by atoms with van der Waals surface area (Å²) in [6, 6.07) is -0.523. The Morgan fingerprint density at radius 1 is 1.43 bits per heavy atom. The van der Waals surface area contributed by atoms with Gasteiger partial charge in [-0.05, 0) is 12.3 Å². The molecule has 0 saturated carbocycles. The first-order valence-electron chi connectivity index (χ1n) is 6.93. The van der Waals surface area contributed by atoms with Gasteiger partial charge in [0.1, 0.15) is 12.6 Å². The largest absolute Gasteiger partial charge is 0.347 e. The van der Waals surface area contributed by atoms with Crippen molar-refractivity contribution >= 4 is 11.8 Å². The van der Waals surface area contributed by atoms with Gasteiger partial charge in [-0.2, -0.15) is 0 Å². The second kappa shape index (κ2) is 7.72. The average molecular weight is 296 g/mol. The van der Waals surface area contributed by atoms with E-state index in [-0.39, 0.29) is 24.9 Å². The molecule has 21 heavy (non-hydrogen) atoms. The molecule has 1 rings (SSSR count). The molecule has 0 aromatic carbocycles. The van der Waals surface area contributed by atoms with Crippen molar-refractivity contribution in [2.24, 2.45) is 11.7 Å². The maximum absolute atomic E-state index is 12.1. The number of rotatable bonds is 7. The van der Waals surface area contributed by atoms with E-state index in [0.29, 0.717) is 18.0 Å². The van der Waals surface area contributed by atoms with Gasteiger partial charge < -0.3 is 16.0 Å². The van der Waals surface area contributed by atoms with Crippen LogP contribution < -0.4 is 11.1 Å². The first-order valence-corrected chi connectivity index (χ1v) is 6.93. The number of nitrogens with two attached hydrogens (primary N) is 1. The summed E-state index contributed by atoms with van der Waals surface area (Å²) >= 11 is 0. The molecule has 0 spiro atoms. The molecule has 118 valence electrons. The van der Waals surface area contributed by atoms with Crippen molar-refractivity contribution in [2.75, 3.05) is 14.1 Å². The SMILES string of the molecule is CC(C)CC(NC(=O)Cn1cc(CN)nn1)C(=O)N(C)C. The summed E-state index contributed by atoms with van der Waals surface area (Å²) < 4.78 is 1.41. The Kier molecular flexibility index (Phi) is 6.29. The van der Waals surface area contributed by atoms with Gasteiger partial charge in [0.25, 0.3) is 0 Å². The van der Waals surface area contributed by atoms with Crippen LogP contribution in [0.15, 0.2) is 6.20 Å². The van der Waals surface area contributed by atoms with E-state index >= 15 is 0 Å². The number of likely N-dealkylation sites (N-methyl/N-ethyl adjacent to an activating group) is 1. The van der Waals surface area contributed by atoms with Gasteiger partial charge in [0, 0.05) is 20.6 Å². The summed E-state index contributed by atoms with van der Waals surface area (Å²) in [5.74, 6) is -0.0861. The van der Waals surface area contributed by atoms with Crippen molar-refractivity contribution in [1.82, 2.24) is 25.2 Å². The van der Waals surface area contributed by atoms with E-state index < -0.39 is 6.04 Å². The van der Waals surface area contributed by atoms with Gasteiger partial charge in [-0.3, -0.25) is 9.59 Å². The number of carbonyl (C=O) groups excluding carboxylic acids is 2. The monoisotopic (exact) mass is 296 g/mol. The van der Waals surface area contributed by atoms with E-state index in [1.807, 2.05) is 13.8 Å². The van der Waals surface area contributed by atoms with Crippen LogP contribution in [0.3, 0.4) is 0 Å². The molecule has 1 aromatic rings. The molecule has 0 saturated heterocycles. The van der Waals surface area contributed by atoms with Gasteiger partial charge in [-0.1, -0.05) is 19.1 Å². The lowest BCUT2D eigenvalue weighted by Gasteiger charge is -2.23.